The Morgan fingerprint density at radius 3 is 1.59 bits per heavy atom. The van der Waals surface area contributed by atoms with Crippen molar-refractivity contribution in [3.05, 3.63) is 152 Å². The maximum absolute atomic E-state index is 13.1. The number of aromatic nitrogens is 4. The fourth-order valence-electron chi connectivity index (χ4n) is 9.09. The number of carbonyl (C=O) groups excluding carboxylic acids is 2. The fraction of sp³-hybridized carbons (Fsp3) is 0.322. The van der Waals surface area contributed by atoms with Crippen molar-refractivity contribution < 1.29 is 33.3 Å². The number of likely N-dealkylation sites (N-methyl/N-ethyl adjacent to an activating group) is 1. The standard InChI is InChI=1S/C59H68N8O7S/c1-66-29-31-67(32-30-66)47-20-24-53-55(44-47)65-59(63-53)46-19-23-52-54(43-46)64-58(62-52)45-17-21-48(22-18-45)74-41-40-73-39-38-72-34-27-60-56(68)25-33-70-36-37-71-35-28-61-57(69)26-42-75(49-11-5-2-6-12-49,50-13-7-3-8-14-50)51-15-9-4-10-16-51/h2-24,43-44H,25-42H2,1H3,(H,60,68)(H,61,69)(H,62,64)(H,63,65). The van der Waals surface area contributed by atoms with Crippen LogP contribution in [0.1, 0.15) is 12.8 Å². The zero-order valence-corrected chi connectivity index (χ0v) is 43.5. The van der Waals surface area contributed by atoms with E-state index in [9.17, 15) is 9.59 Å². The van der Waals surface area contributed by atoms with Crippen molar-refractivity contribution in [2.24, 2.45) is 0 Å². The minimum Gasteiger partial charge on any atom is -0.491 e. The summed E-state index contributed by atoms with van der Waals surface area (Å²) in [6.07, 6.45) is 0.625. The van der Waals surface area contributed by atoms with Crippen LogP contribution in [0.4, 0.5) is 5.69 Å². The van der Waals surface area contributed by atoms with Gasteiger partial charge in [-0.15, -0.1) is 0 Å². The number of hydrogen-bond donors (Lipinski definition) is 4. The first-order chi connectivity index (χ1) is 36.9. The van der Waals surface area contributed by atoms with Gasteiger partial charge in [0.2, 0.25) is 11.8 Å². The molecule has 0 radical (unpaired) electrons. The highest BCUT2D eigenvalue weighted by molar-refractivity contribution is 8.33. The van der Waals surface area contributed by atoms with Gasteiger partial charge in [-0.25, -0.2) is 9.97 Å². The van der Waals surface area contributed by atoms with Gasteiger partial charge in [-0.3, -0.25) is 9.59 Å². The SMILES string of the molecule is CN1CCN(c2ccc3nc(-c4ccc5nc(-c6ccc(OCCOCCOCCNC(=O)CCOCCOCCNC(=O)CCS(c7ccccc7)(c7ccccc7)c7ccccc7)cc6)[nH]c5c4)[nH]c3c2)CC1. The van der Waals surface area contributed by atoms with Crippen molar-refractivity contribution >= 4 is 49.6 Å². The number of ether oxygens (including phenoxy) is 5. The quantitative estimate of drug-likeness (QED) is 0.0346. The normalized spacial score (nSPS) is 13.3. The van der Waals surface area contributed by atoms with Crippen LogP contribution in [0.5, 0.6) is 5.75 Å². The first-order valence-corrected chi connectivity index (χ1v) is 27.7. The summed E-state index contributed by atoms with van der Waals surface area (Å²) in [5.41, 5.74) is 6.97. The lowest BCUT2D eigenvalue weighted by Crippen LogP contribution is -2.44. The number of aromatic amines is 2. The maximum Gasteiger partial charge on any atom is 0.222 e. The topological polar surface area (TPSA) is 168 Å². The molecule has 1 aliphatic rings. The van der Waals surface area contributed by atoms with Gasteiger partial charge in [-0.05, 0) is 125 Å². The molecular weight excluding hydrogens is 965 g/mol. The van der Waals surface area contributed by atoms with Crippen LogP contribution in [-0.4, -0.2) is 148 Å². The molecular formula is C59H68N8O7S. The summed E-state index contributed by atoms with van der Waals surface area (Å²) >= 11 is 0. The summed E-state index contributed by atoms with van der Waals surface area (Å²) in [7, 11) is 0.498. The molecule has 1 aliphatic heterocycles. The number of carbonyl (C=O) groups is 2. The van der Waals surface area contributed by atoms with Crippen molar-refractivity contribution in [3.8, 4) is 28.5 Å². The number of nitrogens with zero attached hydrogens (tertiary/aromatic N) is 4. The van der Waals surface area contributed by atoms with Crippen molar-refractivity contribution in [3.63, 3.8) is 0 Å². The lowest BCUT2D eigenvalue weighted by Gasteiger charge is -2.41. The molecule has 0 atom stereocenters. The Hall–Kier alpha value is -7.05. The van der Waals surface area contributed by atoms with E-state index in [-0.39, 0.29) is 24.8 Å². The predicted molar refractivity (Wildman–Crippen MR) is 297 cm³/mol. The molecule has 2 amide bonds. The predicted octanol–water partition coefficient (Wildman–Crippen LogP) is 8.96. The smallest absolute Gasteiger partial charge is 0.222 e. The van der Waals surface area contributed by atoms with Gasteiger partial charge >= 0.3 is 0 Å². The first-order valence-electron chi connectivity index (χ1n) is 25.9. The molecule has 9 rings (SSSR count). The number of hydrogen-bond acceptors (Lipinski definition) is 11. The van der Waals surface area contributed by atoms with Crippen LogP contribution in [-0.2, 0) is 28.5 Å². The van der Waals surface area contributed by atoms with Gasteiger partial charge in [0.05, 0.1) is 74.9 Å². The van der Waals surface area contributed by atoms with Crippen molar-refractivity contribution in [2.45, 2.75) is 27.5 Å². The Morgan fingerprint density at radius 2 is 1.00 bits per heavy atom. The van der Waals surface area contributed by atoms with E-state index in [2.05, 4.69) is 141 Å². The summed E-state index contributed by atoms with van der Waals surface area (Å²) in [5.74, 6) is 2.93. The summed E-state index contributed by atoms with van der Waals surface area (Å²) in [4.78, 5) is 50.6. The monoisotopic (exact) mass is 1030 g/mol. The van der Waals surface area contributed by atoms with E-state index in [4.69, 9.17) is 33.7 Å². The number of nitrogens with one attached hydrogen (secondary N) is 4. The molecule has 0 saturated carbocycles. The number of fused-ring (bicyclic) bond motifs is 2. The minimum atomic E-state index is -1.67. The van der Waals surface area contributed by atoms with Gasteiger partial charge in [-0.1, -0.05) is 54.6 Å². The fourth-order valence-corrected chi connectivity index (χ4v) is 13.0. The summed E-state index contributed by atoms with van der Waals surface area (Å²) in [6.45, 7) is 8.38. The lowest BCUT2D eigenvalue weighted by molar-refractivity contribution is -0.122. The van der Waals surface area contributed by atoms with Gasteiger partial charge in [-0.2, -0.15) is 10.0 Å². The van der Waals surface area contributed by atoms with E-state index in [1.165, 1.54) is 20.4 Å². The highest BCUT2D eigenvalue weighted by Crippen LogP contribution is 2.68. The molecule has 75 heavy (non-hydrogen) atoms. The van der Waals surface area contributed by atoms with E-state index in [1.807, 2.05) is 48.5 Å². The van der Waals surface area contributed by atoms with Crippen molar-refractivity contribution in [2.75, 3.05) is 116 Å². The second-order valence-corrected chi connectivity index (χ2v) is 21.6. The first kappa shape index (κ1) is 52.8. The highest BCUT2D eigenvalue weighted by Gasteiger charge is 2.31. The van der Waals surface area contributed by atoms with Crippen LogP contribution in [0.25, 0.3) is 44.8 Å². The second-order valence-electron chi connectivity index (χ2n) is 18.3. The second kappa shape index (κ2) is 26.9. The molecule has 16 heteroatoms. The zero-order chi connectivity index (χ0) is 51.5. The number of amides is 2. The Bertz CT molecular complexity index is 2930. The van der Waals surface area contributed by atoms with Crippen LogP contribution in [0.2, 0.25) is 0 Å². The molecule has 0 bridgehead atoms. The Balaban J connectivity index is 0.581. The molecule has 2 aromatic heterocycles. The molecule has 392 valence electrons. The van der Waals surface area contributed by atoms with Crippen LogP contribution in [0.3, 0.4) is 0 Å². The molecule has 0 aliphatic carbocycles. The Kier molecular flexibility index (Phi) is 19.0. The third kappa shape index (κ3) is 14.4. The summed E-state index contributed by atoms with van der Waals surface area (Å²) in [6, 6.07) is 52.1. The molecule has 1 saturated heterocycles. The van der Waals surface area contributed by atoms with E-state index < -0.39 is 10.0 Å². The van der Waals surface area contributed by atoms with Crippen LogP contribution in [0, 0.1) is 0 Å². The molecule has 3 heterocycles. The number of anilines is 1. The number of H-pyrrole nitrogens is 2. The largest absolute Gasteiger partial charge is 0.491 e. The third-order valence-electron chi connectivity index (χ3n) is 13.1. The van der Waals surface area contributed by atoms with E-state index in [1.54, 1.807) is 0 Å². The summed E-state index contributed by atoms with van der Waals surface area (Å²) in [5, 5.41) is 5.87. The van der Waals surface area contributed by atoms with Crippen LogP contribution in [0.15, 0.2) is 166 Å². The van der Waals surface area contributed by atoms with E-state index in [0.717, 1.165) is 76.8 Å². The van der Waals surface area contributed by atoms with E-state index >= 15 is 0 Å². The van der Waals surface area contributed by atoms with Gasteiger partial charge < -0.3 is 54.1 Å². The average molecular weight is 1030 g/mol. The Labute approximate surface area is 440 Å². The summed E-state index contributed by atoms with van der Waals surface area (Å²) < 4.78 is 28.5. The number of benzene rings is 6. The molecule has 1 fully saturated rings. The number of rotatable bonds is 28. The van der Waals surface area contributed by atoms with Crippen molar-refractivity contribution in [1.29, 1.82) is 0 Å². The van der Waals surface area contributed by atoms with E-state index in [0.29, 0.717) is 78.1 Å². The molecule has 0 unspecified atom stereocenters. The molecule has 0 spiro atoms. The maximum atomic E-state index is 13.1. The minimum absolute atomic E-state index is 0.00780. The molecule has 8 aromatic rings. The van der Waals surface area contributed by atoms with Gasteiger partial charge in [0.15, 0.2) is 0 Å². The number of piperazine rings is 1. The van der Waals surface area contributed by atoms with Crippen molar-refractivity contribution in [1.82, 2.24) is 35.5 Å². The van der Waals surface area contributed by atoms with Crippen LogP contribution >= 0.6 is 10.0 Å². The van der Waals surface area contributed by atoms with Gasteiger partial charge in [0.25, 0.3) is 0 Å². The molecule has 6 aromatic carbocycles. The lowest BCUT2D eigenvalue weighted by atomic mass is 10.2. The van der Waals surface area contributed by atoms with Crippen LogP contribution < -0.4 is 20.3 Å². The molecule has 15 nitrogen and oxygen atoms in total. The zero-order valence-electron chi connectivity index (χ0n) is 42.7. The van der Waals surface area contributed by atoms with Gasteiger partial charge in [0, 0.05) is 68.9 Å². The Morgan fingerprint density at radius 1 is 0.520 bits per heavy atom. The highest BCUT2D eigenvalue weighted by atomic mass is 32.3. The third-order valence-corrected chi connectivity index (χ3v) is 17.2. The average Bonchev–Trinajstić information content (AvgIpc) is 4.09. The number of imidazole rings is 2. The van der Waals surface area contributed by atoms with Gasteiger partial charge in [0.1, 0.15) is 24.0 Å². The molecule has 4 N–H and O–H groups in total.